The van der Waals surface area contributed by atoms with Crippen LogP contribution in [0.3, 0.4) is 0 Å². The molecule has 0 radical (unpaired) electrons. The summed E-state index contributed by atoms with van der Waals surface area (Å²) in [4.78, 5) is 2.60. The van der Waals surface area contributed by atoms with Gasteiger partial charge >= 0.3 is 0 Å². The highest BCUT2D eigenvalue weighted by Crippen LogP contribution is 2.50. The van der Waals surface area contributed by atoms with E-state index in [1.165, 1.54) is 77.1 Å². The second kappa shape index (κ2) is 9.63. The lowest BCUT2D eigenvalue weighted by Gasteiger charge is -2.41. The quantitative estimate of drug-likeness (QED) is 0.481. The maximum Gasteiger partial charge on any atom is 0.132 e. The fourth-order valence-electron chi connectivity index (χ4n) is 7.05. The van der Waals surface area contributed by atoms with Crippen molar-refractivity contribution in [2.24, 2.45) is 0 Å². The van der Waals surface area contributed by atoms with Gasteiger partial charge in [0.05, 0.1) is 0 Å². The Hall–Kier alpha value is -2.72. The first-order valence-corrected chi connectivity index (χ1v) is 14.1. The number of ether oxygens (including phenoxy) is 1. The Labute approximate surface area is 216 Å². The van der Waals surface area contributed by atoms with Crippen molar-refractivity contribution in [3.63, 3.8) is 0 Å². The van der Waals surface area contributed by atoms with Gasteiger partial charge in [-0.05, 0) is 79.0 Å². The molecular formula is C32H40N2O2. The fourth-order valence-corrected chi connectivity index (χ4v) is 7.05. The highest BCUT2D eigenvalue weighted by molar-refractivity contribution is 5.78. The SMILES string of the molecule is C=C1C2=Cc3cc4c5c(c3OC2CCNc2ccccc2C1(C)CCCCCO)CCCN5CCC4. The van der Waals surface area contributed by atoms with Gasteiger partial charge in [-0.15, -0.1) is 0 Å². The van der Waals surface area contributed by atoms with Gasteiger partial charge in [-0.25, -0.2) is 0 Å². The molecule has 4 heteroatoms. The van der Waals surface area contributed by atoms with Crippen LogP contribution in [0.15, 0.2) is 48.1 Å². The standard InChI is InChI=1S/C32H40N2O2/c1-22-26-21-24-20-23-10-8-17-34-18-9-11-25(30(23)34)31(24)36-29(26)14-16-33-28-13-5-4-12-27(28)32(22,2)15-6-3-7-19-35/h4-5,12-13,20-21,29,33,35H,1,3,6-11,14-19H2,2H3. The zero-order valence-corrected chi connectivity index (χ0v) is 21.7. The number of para-hydroxylation sites is 1. The van der Waals surface area contributed by atoms with Crippen molar-refractivity contribution in [1.82, 2.24) is 0 Å². The number of anilines is 2. The van der Waals surface area contributed by atoms with E-state index in [1.807, 2.05) is 0 Å². The van der Waals surface area contributed by atoms with Gasteiger partial charge in [-0.3, -0.25) is 0 Å². The maximum absolute atomic E-state index is 9.34. The first kappa shape index (κ1) is 23.7. The van der Waals surface area contributed by atoms with E-state index in [1.54, 1.807) is 0 Å². The molecule has 6 rings (SSSR count). The third-order valence-electron chi connectivity index (χ3n) is 9.01. The van der Waals surface area contributed by atoms with Crippen LogP contribution < -0.4 is 15.0 Å². The van der Waals surface area contributed by atoms with Crippen LogP contribution in [-0.4, -0.2) is 37.5 Å². The van der Waals surface area contributed by atoms with E-state index in [4.69, 9.17) is 11.3 Å². The predicted octanol–water partition coefficient (Wildman–Crippen LogP) is 6.41. The van der Waals surface area contributed by atoms with Crippen LogP contribution in [0.5, 0.6) is 5.75 Å². The Morgan fingerprint density at radius 2 is 1.97 bits per heavy atom. The molecule has 4 aliphatic rings. The minimum absolute atomic E-state index is 0.0110. The molecule has 2 aromatic rings. The van der Waals surface area contributed by atoms with E-state index < -0.39 is 0 Å². The smallest absolute Gasteiger partial charge is 0.132 e. The number of unbranched alkanes of at least 4 members (excludes halogenated alkanes) is 2. The maximum atomic E-state index is 9.34. The van der Waals surface area contributed by atoms with Crippen molar-refractivity contribution in [2.45, 2.75) is 76.2 Å². The van der Waals surface area contributed by atoms with Crippen molar-refractivity contribution in [1.29, 1.82) is 0 Å². The van der Waals surface area contributed by atoms with Gasteiger partial charge in [-0.2, -0.15) is 0 Å². The number of aliphatic hydroxyl groups excluding tert-OH is 1. The van der Waals surface area contributed by atoms with Crippen LogP contribution in [0.1, 0.15) is 74.1 Å². The van der Waals surface area contributed by atoms with E-state index in [0.717, 1.165) is 50.8 Å². The minimum Gasteiger partial charge on any atom is -0.485 e. The van der Waals surface area contributed by atoms with Gasteiger partial charge in [-0.1, -0.05) is 44.5 Å². The van der Waals surface area contributed by atoms with Gasteiger partial charge < -0.3 is 20.1 Å². The highest BCUT2D eigenvalue weighted by Gasteiger charge is 2.39. The molecule has 2 N–H and O–H groups in total. The number of aryl methyl sites for hydroxylation is 1. The van der Waals surface area contributed by atoms with E-state index in [-0.39, 0.29) is 18.1 Å². The third kappa shape index (κ3) is 3.94. The van der Waals surface area contributed by atoms with Crippen LogP contribution in [0.2, 0.25) is 0 Å². The van der Waals surface area contributed by atoms with Crippen LogP contribution in [0.4, 0.5) is 11.4 Å². The second-order valence-corrected chi connectivity index (χ2v) is 11.3. The molecule has 0 saturated carbocycles. The Bertz CT molecular complexity index is 1200. The normalized spacial score (nSPS) is 24.5. The zero-order chi connectivity index (χ0) is 24.7. The van der Waals surface area contributed by atoms with Gasteiger partial charge in [0, 0.05) is 60.6 Å². The third-order valence-corrected chi connectivity index (χ3v) is 9.01. The molecule has 190 valence electrons. The molecule has 0 aliphatic carbocycles. The summed E-state index contributed by atoms with van der Waals surface area (Å²) in [5, 5.41) is 13.1. The Morgan fingerprint density at radius 1 is 1.14 bits per heavy atom. The van der Waals surface area contributed by atoms with E-state index in [9.17, 15) is 5.11 Å². The summed E-state index contributed by atoms with van der Waals surface area (Å²) in [6, 6.07) is 11.2. The van der Waals surface area contributed by atoms with Gasteiger partial charge in [0.2, 0.25) is 0 Å². The number of nitrogens with zero attached hydrogens (tertiary/aromatic N) is 1. The predicted molar refractivity (Wildman–Crippen MR) is 149 cm³/mol. The molecule has 0 saturated heterocycles. The number of nitrogens with one attached hydrogen (secondary N) is 1. The van der Waals surface area contributed by atoms with E-state index in [2.05, 4.69) is 53.5 Å². The second-order valence-electron chi connectivity index (χ2n) is 11.3. The van der Waals surface area contributed by atoms with Crippen molar-refractivity contribution in [3.05, 3.63) is 70.3 Å². The van der Waals surface area contributed by atoms with Crippen molar-refractivity contribution < 1.29 is 9.84 Å². The number of benzene rings is 2. The first-order valence-electron chi connectivity index (χ1n) is 14.1. The fraction of sp³-hybridized carbons (Fsp3) is 0.500. The Kier molecular flexibility index (Phi) is 6.33. The van der Waals surface area contributed by atoms with Gasteiger partial charge in [0.15, 0.2) is 0 Å². The molecule has 2 aromatic carbocycles. The topological polar surface area (TPSA) is 44.7 Å². The van der Waals surface area contributed by atoms with Crippen molar-refractivity contribution in [2.75, 3.05) is 36.5 Å². The first-order chi connectivity index (χ1) is 17.6. The summed E-state index contributed by atoms with van der Waals surface area (Å²) in [6.45, 7) is 10.6. The monoisotopic (exact) mass is 484 g/mol. The lowest BCUT2D eigenvalue weighted by Crippen LogP contribution is -2.36. The number of aliphatic hydroxyl groups is 1. The molecule has 0 aromatic heterocycles. The van der Waals surface area contributed by atoms with Crippen LogP contribution in [0.25, 0.3) is 6.08 Å². The summed E-state index contributed by atoms with van der Waals surface area (Å²) in [6.07, 6.45) is 12.0. The number of fused-ring (bicyclic) bond motifs is 4. The molecule has 4 nitrogen and oxygen atoms in total. The zero-order valence-electron chi connectivity index (χ0n) is 21.7. The average molecular weight is 485 g/mol. The van der Waals surface area contributed by atoms with Gasteiger partial charge in [0.25, 0.3) is 0 Å². The van der Waals surface area contributed by atoms with Gasteiger partial charge in [0.1, 0.15) is 11.9 Å². The minimum atomic E-state index is -0.201. The average Bonchev–Trinajstić information content (AvgIpc) is 2.94. The summed E-state index contributed by atoms with van der Waals surface area (Å²) in [7, 11) is 0. The molecular weight excluding hydrogens is 444 g/mol. The van der Waals surface area contributed by atoms with Crippen LogP contribution >= 0.6 is 0 Å². The molecule has 0 amide bonds. The molecule has 2 unspecified atom stereocenters. The molecule has 0 fully saturated rings. The lowest BCUT2D eigenvalue weighted by molar-refractivity contribution is 0.223. The molecule has 0 spiro atoms. The Morgan fingerprint density at radius 3 is 2.83 bits per heavy atom. The van der Waals surface area contributed by atoms with Crippen molar-refractivity contribution >= 4 is 17.5 Å². The number of hydrogen-bond donors (Lipinski definition) is 2. The van der Waals surface area contributed by atoms with E-state index in [0.29, 0.717) is 0 Å². The summed E-state index contributed by atoms with van der Waals surface area (Å²) >= 11 is 0. The number of hydrogen-bond acceptors (Lipinski definition) is 4. The number of rotatable bonds is 5. The summed E-state index contributed by atoms with van der Waals surface area (Å²) < 4.78 is 6.97. The molecule has 0 bridgehead atoms. The Balaban J connectivity index is 1.45. The lowest BCUT2D eigenvalue weighted by atomic mass is 9.68. The van der Waals surface area contributed by atoms with Crippen molar-refractivity contribution in [3.8, 4) is 5.75 Å². The summed E-state index contributed by atoms with van der Waals surface area (Å²) in [5.41, 5.74) is 10.5. The van der Waals surface area contributed by atoms with Crippen LogP contribution in [-0.2, 0) is 18.3 Å². The molecule has 2 atom stereocenters. The summed E-state index contributed by atoms with van der Waals surface area (Å²) in [5.74, 6) is 1.13. The molecule has 36 heavy (non-hydrogen) atoms. The molecule has 4 aliphatic heterocycles. The largest absolute Gasteiger partial charge is 0.485 e. The van der Waals surface area contributed by atoms with E-state index >= 15 is 0 Å². The van der Waals surface area contributed by atoms with Crippen LogP contribution in [0, 0.1) is 0 Å². The highest BCUT2D eigenvalue weighted by atomic mass is 16.5. The molecule has 4 heterocycles.